The van der Waals surface area contributed by atoms with Gasteiger partial charge in [0, 0.05) is 22.5 Å². The quantitative estimate of drug-likeness (QED) is 0.350. The molecule has 1 aromatic carbocycles. The van der Waals surface area contributed by atoms with E-state index in [1.807, 2.05) is 0 Å². The fourth-order valence-electron chi connectivity index (χ4n) is 1.57. The number of fused-ring (bicyclic) bond motifs is 1. The van der Waals surface area contributed by atoms with Crippen LogP contribution in [0.3, 0.4) is 0 Å². The Kier molecular flexibility index (Phi) is 4.61. The van der Waals surface area contributed by atoms with E-state index in [1.165, 1.54) is 12.1 Å². The number of nitro benzene ring substituents is 1. The van der Waals surface area contributed by atoms with Crippen molar-refractivity contribution in [3.8, 4) is 11.5 Å². The predicted molar refractivity (Wildman–Crippen MR) is 74.5 cm³/mol. The average molecular weight is 340 g/mol. The van der Waals surface area contributed by atoms with Gasteiger partial charge in [-0.15, -0.1) is 11.8 Å². The largest absolute Gasteiger partial charge is 0.486 e. The zero-order valence-electron chi connectivity index (χ0n) is 10.1. The van der Waals surface area contributed by atoms with Crippen molar-refractivity contribution in [3.05, 3.63) is 22.2 Å². The summed E-state index contributed by atoms with van der Waals surface area (Å²) < 4.78 is 32.3. The number of benzene rings is 1. The maximum atomic E-state index is 11.0. The molecule has 110 valence electrons. The molecule has 2 rings (SSSR count). The molecule has 7 nitrogen and oxygen atoms in total. The van der Waals surface area contributed by atoms with Gasteiger partial charge in [0.15, 0.2) is 11.5 Å². The van der Waals surface area contributed by atoms with E-state index >= 15 is 0 Å². The van der Waals surface area contributed by atoms with Crippen LogP contribution in [0.4, 0.5) is 5.69 Å². The first-order valence-electron chi connectivity index (χ1n) is 5.50. The van der Waals surface area contributed by atoms with E-state index in [4.69, 9.17) is 20.2 Å². The lowest BCUT2D eigenvalue weighted by molar-refractivity contribution is -0.387. The van der Waals surface area contributed by atoms with Crippen molar-refractivity contribution in [1.82, 2.24) is 0 Å². The first-order valence-corrected chi connectivity index (χ1v) is 8.96. The normalized spacial score (nSPS) is 14.1. The van der Waals surface area contributed by atoms with E-state index in [1.54, 1.807) is 0 Å². The highest BCUT2D eigenvalue weighted by atomic mass is 35.7. The third-order valence-electron chi connectivity index (χ3n) is 2.41. The number of ether oxygens (including phenoxy) is 2. The van der Waals surface area contributed by atoms with Gasteiger partial charge in [-0.25, -0.2) is 8.42 Å². The van der Waals surface area contributed by atoms with Crippen LogP contribution in [-0.2, 0) is 9.05 Å². The van der Waals surface area contributed by atoms with Gasteiger partial charge in [0.05, 0.1) is 21.6 Å². The van der Waals surface area contributed by atoms with Crippen LogP contribution < -0.4 is 9.47 Å². The lowest BCUT2D eigenvalue weighted by Gasteiger charge is -2.18. The van der Waals surface area contributed by atoms with Crippen molar-refractivity contribution in [2.75, 3.05) is 24.7 Å². The Morgan fingerprint density at radius 3 is 2.45 bits per heavy atom. The van der Waals surface area contributed by atoms with Crippen molar-refractivity contribution < 1.29 is 22.8 Å². The van der Waals surface area contributed by atoms with Crippen molar-refractivity contribution in [2.45, 2.75) is 4.90 Å². The van der Waals surface area contributed by atoms with Gasteiger partial charge in [0.25, 0.3) is 5.69 Å². The minimum atomic E-state index is -3.62. The Bertz CT molecular complexity index is 633. The van der Waals surface area contributed by atoms with Gasteiger partial charge in [0.1, 0.15) is 13.2 Å². The lowest BCUT2D eigenvalue weighted by atomic mass is 10.2. The summed E-state index contributed by atoms with van der Waals surface area (Å²) in [5, 5.41) is 11.0. The van der Waals surface area contributed by atoms with E-state index in [0.29, 0.717) is 29.6 Å². The number of hydrogen-bond acceptors (Lipinski definition) is 7. The van der Waals surface area contributed by atoms with Crippen LogP contribution in [0.1, 0.15) is 0 Å². The summed E-state index contributed by atoms with van der Waals surface area (Å²) in [6.07, 6.45) is 0. The number of thioether (sulfide) groups is 1. The van der Waals surface area contributed by atoms with Crippen LogP contribution in [0.5, 0.6) is 11.5 Å². The Hall–Kier alpha value is -1.19. The average Bonchev–Trinajstić information content (AvgIpc) is 2.36. The third-order valence-corrected chi connectivity index (χ3v) is 4.86. The Morgan fingerprint density at radius 1 is 1.30 bits per heavy atom. The molecule has 0 atom stereocenters. The lowest BCUT2D eigenvalue weighted by Crippen LogP contribution is -2.15. The summed E-state index contributed by atoms with van der Waals surface area (Å²) in [6, 6.07) is 2.77. The van der Waals surface area contributed by atoms with Crippen LogP contribution in [0.2, 0.25) is 0 Å². The molecule has 1 aliphatic heterocycles. The van der Waals surface area contributed by atoms with E-state index in [0.717, 1.165) is 11.8 Å². The first kappa shape index (κ1) is 15.2. The number of nitrogens with zero attached hydrogens (tertiary/aromatic N) is 1. The van der Waals surface area contributed by atoms with E-state index in [2.05, 4.69) is 0 Å². The predicted octanol–water partition coefficient (Wildman–Crippen LogP) is 2.03. The Balaban J connectivity index is 2.23. The van der Waals surface area contributed by atoms with E-state index in [9.17, 15) is 18.5 Å². The standard InChI is InChI=1S/C10H10ClNO6S2/c11-20(15,16)4-3-19-10-6-9-8(17-1-2-18-9)5-7(10)12(13)14/h5-6H,1-4H2. The van der Waals surface area contributed by atoms with E-state index in [-0.39, 0.29) is 17.2 Å². The second-order valence-electron chi connectivity index (χ2n) is 3.81. The number of halogens is 1. The summed E-state index contributed by atoms with van der Waals surface area (Å²) in [5.41, 5.74) is -0.147. The van der Waals surface area contributed by atoms with Crippen LogP contribution in [0.25, 0.3) is 0 Å². The molecule has 0 bridgehead atoms. The molecule has 0 aromatic heterocycles. The Labute approximate surface area is 123 Å². The van der Waals surface area contributed by atoms with Gasteiger partial charge >= 0.3 is 0 Å². The van der Waals surface area contributed by atoms with Crippen LogP contribution >= 0.6 is 22.4 Å². The summed E-state index contributed by atoms with van der Waals surface area (Å²) in [5.74, 6) is 0.576. The van der Waals surface area contributed by atoms with Gasteiger partial charge < -0.3 is 9.47 Å². The van der Waals surface area contributed by atoms with Crippen LogP contribution in [-0.4, -0.2) is 38.1 Å². The summed E-state index contributed by atoms with van der Waals surface area (Å²) >= 11 is 1.03. The molecule has 0 fully saturated rings. The van der Waals surface area contributed by atoms with Crippen molar-refractivity contribution in [3.63, 3.8) is 0 Å². The molecule has 0 radical (unpaired) electrons. The molecule has 0 N–H and O–H groups in total. The van der Waals surface area contributed by atoms with Crippen LogP contribution in [0, 0.1) is 10.1 Å². The molecule has 0 spiro atoms. The molecule has 1 heterocycles. The fraction of sp³-hybridized carbons (Fsp3) is 0.400. The molecular formula is C10H10ClNO6S2. The molecular weight excluding hydrogens is 330 g/mol. The molecule has 1 aliphatic rings. The maximum absolute atomic E-state index is 11.0. The molecule has 1 aromatic rings. The number of rotatable bonds is 5. The Morgan fingerprint density at radius 2 is 1.90 bits per heavy atom. The molecule has 20 heavy (non-hydrogen) atoms. The van der Waals surface area contributed by atoms with Gasteiger partial charge in [-0.1, -0.05) is 0 Å². The number of nitro groups is 1. The summed E-state index contributed by atoms with van der Waals surface area (Å²) in [4.78, 5) is 10.8. The fourth-order valence-corrected chi connectivity index (χ4v) is 3.96. The molecule has 10 heteroatoms. The van der Waals surface area contributed by atoms with Gasteiger partial charge in [0.2, 0.25) is 9.05 Å². The van der Waals surface area contributed by atoms with Crippen molar-refractivity contribution >= 4 is 37.2 Å². The van der Waals surface area contributed by atoms with Crippen LogP contribution in [0.15, 0.2) is 17.0 Å². The zero-order chi connectivity index (χ0) is 14.8. The highest BCUT2D eigenvalue weighted by Crippen LogP contribution is 2.40. The van der Waals surface area contributed by atoms with Gasteiger partial charge in [-0.2, -0.15) is 0 Å². The first-order chi connectivity index (χ1) is 9.37. The third kappa shape index (κ3) is 3.90. The second-order valence-corrected chi connectivity index (χ2v) is 7.85. The highest BCUT2D eigenvalue weighted by molar-refractivity contribution is 8.14. The highest BCUT2D eigenvalue weighted by Gasteiger charge is 2.22. The minimum absolute atomic E-state index is 0.117. The molecule has 0 saturated carbocycles. The number of hydrogen-bond donors (Lipinski definition) is 0. The SMILES string of the molecule is O=[N+]([O-])c1cc2c(cc1SCCS(=O)(=O)Cl)OCCO2. The smallest absolute Gasteiger partial charge is 0.286 e. The molecule has 0 saturated heterocycles. The molecule has 0 unspecified atom stereocenters. The summed E-state index contributed by atoms with van der Waals surface area (Å²) in [7, 11) is 1.48. The zero-order valence-corrected chi connectivity index (χ0v) is 12.5. The molecule has 0 aliphatic carbocycles. The minimum Gasteiger partial charge on any atom is -0.486 e. The van der Waals surface area contributed by atoms with Gasteiger partial charge in [-0.05, 0) is 0 Å². The van der Waals surface area contributed by atoms with E-state index < -0.39 is 14.0 Å². The van der Waals surface area contributed by atoms with Crippen molar-refractivity contribution in [1.29, 1.82) is 0 Å². The topological polar surface area (TPSA) is 95.7 Å². The summed E-state index contributed by atoms with van der Waals surface area (Å²) in [6.45, 7) is 0.701. The second kappa shape index (κ2) is 6.06. The van der Waals surface area contributed by atoms with Gasteiger partial charge in [-0.3, -0.25) is 10.1 Å². The van der Waals surface area contributed by atoms with Crippen molar-refractivity contribution in [2.24, 2.45) is 0 Å². The maximum Gasteiger partial charge on any atom is 0.286 e. The monoisotopic (exact) mass is 339 g/mol. The molecule has 0 amide bonds.